The van der Waals surface area contributed by atoms with Crippen molar-refractivity contribution in [3.8, 4) is 0 Å². The zero-order chi connectivity index (χ0) is 22.7. The number of carbonyl (C=O) groups is 5. The van der Waals surface area contributed by atoms with Crippen LogP contribution < -0.4 is 21.7 Å². The summed E-state index contributed by atoms with van der Waals surface area (Å²) >= 11 is 0. The summed E-state index contributed by atoms with van der Waals surface area (Å²) in [6.07, 6.45) is -0.604. The second kappa shape index (κ2) is 12.1. The summed E-state index contributed by atoms with van der Waals surface area (Å²) in [6, 6.07) is 4.46. The van der Waals surface area contributed by atoms with E-state index in [9.17, 15) is 24.0 Å². The molecule has 0 aliphatic rings. The maximum absolute atomic E-state index is 12.5. The molecule has 0 aliphatic heterocycles. The topological polar surface area (TPSA) is 208 Å². The molecule has 0 saturated heterocycles. The fourth-order valence-corrected chi connectivity index (χ4v) is 2.34. The first kappa shape index (κ1) is 24.5. The van der Waals surface area contributed by atoms with Crippen molar-refractivity contribution < 1.29 is 39.3 Å². The summed E-state index contributed by atoms with van der Waals surface area (Å²) < 4.78 is 0. The fourth-order valence-electron chi connectivity index (χ4n) is 2.34. The number of carboxylic acids is 2. The highest BCUT2D eigenvalue weighted by molar-refractivity contribution is 5.93. The van der Waals surface area contributed by atoms with E-state index >= 15 is 0 Å². The van der Waals surface area contributed by atoms with Gasteiger partial charge in [-0.25, -0.2) is 4.79 Å². The minimum Gasteiger partial charge on any atom is -0.481 e. The van der Waals surface area contributed by atoms with E-state index in [-0.39, 0.29) is 6.42 Å². The summed E-state index contributed by atoms with van der Waals surface area (Å²) in [5.74, 6) is -5.21. The molecule has 3 unspecified atom stereocenters. The summed E-state index contributed by atoms with van der Waals surface area (Å²) in [5.41, 5.74) is 6.05. The van der Waals surface area contributed by atoms with E-state index in [1.807, 2.05) is 0 Å². The number of amides is 3. The van der Waals surface area contributed by atoms with Gasteiger partial charge in [0.15, 0.2) is 0 Å². The Kier molecular flexibility index (Phi) is 9.92. The quantitative estimate of drug-likeness (QED) is 0.184. The van der Waals surface area contributed by atoms with E-state index < -0.39 is 67.4 Å². The summed E-state index contributed by atoms with van der Waals surface area (Å²) in [5, 5.41) is 33.3. The van der Waals surface area contributed by atoms with Gasteiger partial charge in [0.1, 0.15) is 12.1 Å². The first-order valence-corrected chi connectivity index (χ1v) is 8.86. The average Bonchev–Trinajstić information content (AvgIpc) is 2.69. The van der Waals surface area contributed by atoms with Crippen LogP contribution >= 0.6 is 0 Å². The smallest absolute Gasteiger partial charge is 0.328 e. The molecule has 12 nitrogen and oxygen atoms in total. The van der Waals surface area contributed by atoms with Crippen LogP contribution in [0.3, 0.4) is 0 Å². The van der Waals surface area contributed by atoms with Gasteiger partial charge in [-0.2, -0.15) is 0 Å². The van der Waals surface area contributed by atoms with Crippen LogP contribution in [0.4, 0.5) is 0 Å². The lowest BCUT2D eigenvalue weighted by molar-refractivity contribution is -0.143. The Labute approximate surface area is 171 Å². The van der Waals surface area contributed by atoms with Gasteiger partial charge in [0.05, 0.1) is 25.6 Å². The maximum atomic E-state index is 12.5. The molecule has 0 spiro atoms. The highest BCUT2D eigenvalue weighted by atomic mass is 16.4. The molecule has 30 heavy (non-hydrogen) atoms. The van der Waals surface area contributed by atoms with Crippen LogP contribution in [-0.2, 0) is 30.4 Å². The number of hydrogen-bond donors (Lipinski definition) is 7. The van der Waals surface area contributed by atoms with Crippen LogP contribution in [-0.4, -0.2) is 76.3 Å². The first-order chi connectivity index (χ1) is 14.1. The molecule has 0 fully saturated rings. The van der Waals surface area contributed by atoms with Gasteiger partial charge in [-0.05, 0) is 5.56 Å². The van der Waals surface area contributed by atoms with Gasteiger partial charge in [-0.3, -0.25) is 19.2 Å². The van der Waals surface area contributed by atoms with Gasteiger partial charge in [0, 0.05) is 6.42 Å². The predicted octanol–water partition coefficient (Wildman–Crippen LogP) is -2.81. The molecule has 12 heteroatoms. The summed E-state index contributed by atoms with van der Waals surface area (Å²) in [6.45, 7) is -1.42. The molecule has 1 aromatic rings. The zero-order valence-electron chi connectivity index (χ0n) is 15.9. The fraction of sp³-hybridized carbons (Fsp3) is 0.389. The molecule has 3 atom stereocenters. The van der Waals surface area contributed by atoms with Gasteiger partial charge in [-0.1, -0.05) is 30.3 Å². The molecule has 0 bridgehead atoms. The van der Waals surface area contributed by atoms with Crippen LogP contribution in [0.1, 0.15) is 12.0 Å². The molecule has 1 rings (SSSR count). The van der Waals surface area contributed by atoms with E-state index in [1.54, 1.807) is 30.3 Å². The number of nitrogens with one attached hydrogen (secondary N) is 3. The molecular formula is C18H24N4O8. The van der Waals surface area contributed by atoms with E-state index in [1.165, 1.54) is 0 Å². The summed E-state index contributed by atoms with van der Waals surface area (Å²) in [4.78, 5) is 57.9. The monoisotopic (exact) mass is 424 g/mol. The number of nitrogens with two attached hydrogens (primary N) is 1. The van der Waals surface area contributed by atoms with Gasteiger partial charge >= 0.3 is 11.9 Å². The highest BCUT2D eigenvalue weighted by Crippen LogP contribution is 2.04. The molecule has 1 aromatic carbocycles. The second-order valence-electron chi connectivity index (χ2n) is 6.31. The van der Waals surface area contributed by atoms with E-state index in [0.717, 1.165) is 0 Å². The second-order valence-corrected chi connectivity index (χ2v) is 6.31. The third-order valence-corrected chi connectivity index (χ3v) is 3.89. The number of rotatable bonds is 12. The third kappa shape index (κ3) is 8.67. The van der Waals surface area contributed by atoms with Gasteiger partial charge in [0.25, 0.3) is 0 Å². The molecule has 0 saturated carbocycles. The van der Waals surface area contributed by atoms with Crippen molar-refractivity contribution in [2.24, 2.45) is 5.73 Å². The van der Waals surface area contributed by atoms with Crippen LogP contribution in [0, 0.1) is 0 Å². The Morgan fingerprint density at radius 1 is 0.933 bits per heavy atom. The van der Waals surface area contributed by atoms with Crippen LogP contribution in [0.15, 0.2) is 30.3 Å². The molecule has 0 aromatic heterocycles. The SMILES string of the molecule is NC(CC(=O)O)C(=O)NCC(=O)NC(Cc1ccccc1)C(=O)NC(CO)C(=O)O. The normalized spacial score (nSPS) is 13.4. The lowest BCUT2D eigenvalue weighted by Gasteiger charge is -2.21. The first-order valence-electron chi connectivity index (χ1n) is 8.86. The van der Waals surface area contributed by atoms with Crippen molar-refractivity contribution in [3.63, 3.8) is 0 Å². The van der Waals surface area contributed by atoms with Gasteiger partial charge < -0.3 is 37.0 Å². The lowest BCUT2D eigenvalue weighted by atomic mass is 10.0. The van der Waals surface area contributed by atoms with Crippen molar-refractivity contribution >= 4 is 29.7 Å². The number of aliphatic hydroxyl groups is 1. The van der Waals surface area contributed by atoms with Crippen LogP contribution in [0.25, 0.3) is 0 Å². The van der Waals surface area contributed by atoms with Crippen molar-refractivity contribution in [3.05, 3.63) is 35.9 Å². The molecule has 0 radical (unpaired) electrons. The molecular weight excluding hydrogens is 400 g/mol. The number of aliphatic hydroxyl groups excluding tert-OH is 1. The van der Waals surface area contributed by atoms with Crippen molar-refractivity contribution in [2.75, 3.05) is 13.2 Å². The number of hydrogen-bond acceptors (Lipinski definition) is 7. The Hall–Kier alpha value is -3.51. The lowest BCUT2D eigenvalue weighted by Crippen LogP contribution is -2.55. The molecule has 0 aliphatic carbocycles. The van der Waals surface area contributed by atoms with E-state index in [0.29, 0.717) is 5.56 Å². The molecule has 164 valence electrons. The van der Waals surface area contributed by atoms with E-state index in [2.05, 4.69) is 16.0 Å². The van der Waals surface area contributed by atoms with Gasteiger partial charge in [-0.15, -0.1) is 0 Å². The Balaban J connectivity index is 2.77. The number of carboxylic acid groups (broad SMARTS) is 2. The third-order valence-electron chi connectivity index (χ3n) is 3.89. The predicted molar refractivity (Wildman–Crippen MR) is 102 cm³/mol. The molecule has 8 N–H and O–H groups in total. The molecule has 0 heterocycles. The Morgan fingerprint density at radius 3 is 2.10 bits per heavy atom. The highest BCUT2D eigenvalue weighted by Gasteiger charge is 2.27. The average molecular weight is 424 g/mol. The zero-order valence-corrected chi connectivity index (χ0v) is 15.9. The van der Waals surface area contributed by atoms with Crippen LogP contribution in [0.2, 0.25) is 0 Å². The van der Waals surface area contributed by atoms with Crippen molar-refractivity contribution in [1.82, 2.24) is 16.0 Å². The maximum Gasteiger partial charge on any atom is 0.328 e. The molecule has 3 amide bonds. The number of benzene rings is 1. The van der Waals surface area contributed by atoms with E-state index in [4.69, 9.17) is 21.1 Å². The minimum atomic E-state index is -1.55. The van der Waals surface area contributed by atoms with Crippen molar-refractivity contribution in [1.29, 1.82) is 0 Å². The standard InChI is InChI=1S/C18H24N4O8/c19-11(7-15(25)26)16(27)20-8-14(24)21-12(6-10-4-2-1-3-5-10)17(28)22-13(9-23)18(29)30/h1-5,11-13,23H,6-9,19H2,(H,20,27)(H,21,24)(H,22,28)(H,25,26)(H,29,30). The van der Waals surface area contributed by atoms with Crippen LogP contribution in [0.5, 0.6) is 0 Å². The Morgan fingerprint density at radius 2 is 1.57 bits per heavy atom. The summed E-state index contributed by atoms with van der Waals surface area (Å²) in [7, 11) is 0. The number of carbonyl (C=O) groups excluding carboxylic acids is 3. The number of aliphatic carboxylic acids is 2. The minimum absolute atomic E-state index is 0.0165. The Bertz CT molecular complexity index is 771. The van der Waals surface area contributed by atoms with Gasteiger partial charge in [0.2, 0.25) is 17.7 Å². The van der Waals surface area contributed by atoms with Crippen molar-refractivity contribution in [2.45, 2.75) is 31.0 Å². The largest absolute Gasteiger partial charge is 0.481 e.